The van der Waals surface area contributed by atoms with Crippen LogP contribution in [0.5, 0.6) is 0 Å². The van der Waals surface area contributed by atoms with Crippen molar-refractivity contribution in [2.24, 2.45) is 5.73 Å². The lowest BCUT2D eigenvalue weighted by Crippen LogP contribution is -2.32. The van der Waals surface area contributed by atoms with E-state index in [0.717, 1.165) is 26.1 Å². The summed E-state index contributed by atoms with van der Waals surface area (Å²) in [7, 11) is 0. The van der Waals surface area contributed by atoms with Gasteiger partial charge in [-0.15, -0.1) is 0 Å². The number of rotatable bonds is 9. The molecule has 0 unspecified atom stereocenters. The van der Waals surface area contributed by atoms with E-state index in [-0.39, 0.29) is 0 Å². The minimum Gasteiger partial charge on any atom is -0.335 e. The number of nitrogens with zero attached hydrogens (tertiary/aromatic N) is 2. The van der Waals surface area contributed by atoms with E-state index in [1.54, 1.807) is 0 Å². The summed E-state index contributed by atoms with van der Waals surface area (Å²) in [5, 5.41) is 2.60. The number of allylic oxidation sites excluding steroid dienone is 2. The predicted molar refractivity (Wildman–Crippen MR) is 134 cm³/mol. The molecule has 0 fully saturated rings. The Morgan fingerprint density at radius 1 is 0.968 bits per heavy atom. The molecule has 1 aliphatic rings. The van der Waals surface area contributed by atoms with Crippen LogP contribution in [0.4, 0.5) is 5.69 Å². The Balaban J connectivity index is 1.54. The van der Waals surface area contributed by atoms with Crippen LogP contribution < -0.4 is 15.2 Å². The van der Waals surface area contributed by atoms with Crippen molar-refractivity contribution in [2.75, 3.05) is 18.0 Å². The second-order valence-electron chi connectivity index (χ2n) is 7.86. The second kappa shape index (κ2) is 10.7. The normalized spacial score (nSPS) is 14.8. The first-order valence-electron chi connectivity index (χ1n) is 11.4. The van der Waals surface area contributed by atoms with Crippen molar-refractivity contribution >= 4 is 34.4 Å². The van der Waals surface area contributed by atoms with Gasteiger partial charge in [0.05, 0.1) is 16.1 Å². The van der Waals surface area contributed by atoms with Gasteiger partial charge in [0.15, 0.2) is 6.20 Å². The average Bonchev–Trinajstić information content (AvgIpc) is 3.16. The summed E-state index contributed by atoms with van der Waals surface area (Å²) in [5.74, 6) is 0. The topological polar surface area (TPSA) is 33.1 Å². The Labute approximate surface area is 190 Å². The summed E-state index contributed by atoms with van der Waals surface area (Å²) in [4.78, 5) is 3.82. The molecule has 0 bridgehead atoms. The standard InChI is InChI=1S/C27H32N3S/c1-2-29-21-18-22(23-13-5-6-14-24(23)29)12-11-17-27-30(20-10-4-3-9-19-28)25-15-7-8-16-26(25)31-27/h5-8,11-18,21H,2-4,9-10,19-20,28H2,1H3/q+1. The molecule has 3 nitrogen and oxygen atoms in total. The molecule has 0 spiro atoms. The molecule has 4 rings (SSSR count). The quantitative estimate of drug-likeness (QED) is 0.327. The van der Waals surface area contributed by atoms with E-state index >= 15 is 0 Å². The molecule has 0 saturated carbocycles. The first-order valence-corrected chi connectivity index (χ1v) is 12.2. The van der Waals surface area contributed by atoms with E-state index in [0.29, 0.717) is 0 Å². The zero-order valence-corrected chi connectivity index (χ0v) is 19.2. The molecule has 0 saturated heterocycles. The lowest BCUT2D eigenvalue weighted by Gasteiger charge is -2.20. The highest BCUT2D eigenvalue weighted by Gasteiger charge is 2.23. The molecule has 2 heterocycles. The molecule has 0 radical (unpaired) electrons. The van der Waals surface area contributed by atoms with Crippen molar-refractivity contribution in [2.45, 2.75) is 44.0 Å². The Kier molecular flexibility index (Phi) is 7.44. The van der Waals surface area contributed by atoms with Crippen molar-refractivity contribution < 1.29 is 4.57 Å². The van der Waals surface area contributed by atoms with Crippen LogP contribution in [0.15, 0.2) is 82.9 Å². The van der Waals surface area contributed by atoms with Crippen LogP contribution in [0.3, 0.4) is 0 Å². The number of anilines is 1. The second-order valence-corrected chi connectivity index (χ2v) is 8.92. The van der Waals surface area contributed by atoms with Crippen molar-refractivity contribution in [1.29, 1.82) is 0 Å². The zero-order valence-electron chi connectivity index (χ0n) is 18.3. The summed E-state index contributed by atoms with van der Waals surface area (Å²) in [6, 6.07) is 19.6. The van der Waals surface area contributed by atoms with Crippen LogP contribution in [0.1, 0.15) is 38.2 Å². The number of thioether (sulfide) groups is 1. The molecule has 1 aromatic heterocycles. The van der Waals surface area contributed by atoms with Gasteiger partial charge >= 0.3 is 0 Å². The number of hydrogen-bond acceptors (Lipinski definition) is 3. The molecule has 2 aromatic carbocycles. The van der Waals surface area contributed by atoms with Gasteiger partial charge in [-0.2, -0.15) is 4.57 Å². The summed E-state index contributed by atoms with van der Waals surface area (Å²) in [5.41, 5.74) is 9.51. The summed E-state index contributed by atoms with van der Waals surface area (Å²) >= 11 is 1.87. The molecule has 0 atom stereocenters. The maximum Gasteiger partial charge on any atom is 0.213 e. The largest absolute Gasteiger partial charge is 0.335 e. The number of nitrogens with two attached hydrogens (primary N) is 1. The Bertz CT molecular complexity index is 1090. The number of aryl methyl sites for hydroxylation is 1. The summed E-state index contributed by atoms with van der Waals surface area (Å²) in [6.07, 6.45) is 13.7. The first-order chi connectivity index (χ1) is 15.3. The molecular formula is C27H32N3S+. The molecule has 3 aromatic rings. The summed E-state index contributed by atoms with van der Waals surface area (Å²) in [6.45, 7) is 5.01. The third kappa shape index (κ3) is 5.03. The number of benzene rings is 2. The van der Waals surface area contributed by atoms with Crippen LogP contribution >= 0.6 is 11.8 Å². The highest BCUT2D eigenvalue weighted by molar-refractivity contribution is 8.03. The monoisotopic (exact) mass is 430 g/mol. The SMILES string of the molecule is CC[n+]1ccc(/C=C/C=C2\Sc3ccccc3N2CCCCCCN)c2ccccc21. The Hall–Kier alpha value is -2.56. The number of para-hydroxylation sites is 2. The van der Waals surface area contributed by atoms with Crippen molar-refractivity contribution in [3.05, 3.63) is 83.5 Å². The average molecular weight is 431 g/mol. The first kappa shape index (κ1) is 21.7. The highest BCUT2D eigenvalue weighted by Crippen LogP contribution is 2.45. The van der Waals surface area contributed by atoms with Gasteiger partial charge < -0.3 is 10.6 Å². The van der Waals surface area contributed by atoms with Crippen LogP contribution in [0, 0.1) is 0 Å². The minimum atomic E-state index is 0.796. The smallest absolute Gasteiger partial charge is 0.213 e. The number of aromatic nitrogens is 1. The van der Waals surface area contributed by atoms with Gasteiger partial charge in [-0.25, -0.2) is 0 Å². The van der Waals surface area contributed by atoms with E-state index < -0.39 is 0 Å². The maximum atomic E-state index is 5.64. The van der Waals surface area contributed by atoms with Gasteiger partial charge in [0, 0.05) is 23.6 Å². The fourth-order valence-corrected chi connectivity index (χ4v) is 5.24. The van der Waals surface area contributed by atoms with Gasteiger partial charge in [0.2, 0.25) is 5.52 Å². The van der Waals surface area contributed by atoms with Crippen LogP contribution in [0.2, 0.25) is 0 Å². The van der Waals surface area contributed by atoms with E-state index in [4.69, 9.17) is 5.73 Å². The third-order valence-electron chi connectivity index (χ3n) is 5.79. The lowest BCUT2D eigenvalue weighted by molar-refractivity contribution is -0.667. The van der Waals surface area contributed by atoms with Crippen molar-refractivity contribution in [3.8, 4) is 0 Å². The van der Waals surface area contributed by atoms with Gasteiger partial charge in [-0.3, -0.25) is 0 Å². The summed E-state index contributed by atoms with van der Waals surface area (Å²) < 4.78 is 2.29. The molecule has 0 amide bonds. The third-order valence-corrected chi connectivity index (χ3v) is 6.92. The van der Waals surface area contributed by atoms with Crippen molar-refractivity contribution in [3.63, 3.8) is 0 Å². The van der Waals surface area contributed by atoms with Crippen LogP contribution in [-0.4, -0.2) is 13.1 Å². The molecule has 31 heavy (non-hydrogen) atoms. The molecule has 1 aliphatic heterocycles. The predicted octanol–water partition coefficient (Wildman–Crippen LogP) is 6.13. The van der Waals surface area contributed by atoms with Gasteiger partial charge in [0.1, 0.15) is 6.54 Å². The van der Waals surface area contributed by atoms with Gasteiger partial charge in [0.25, 0.3) is 0 Å². The van der Waals surface area contributed by atoms with Crippen LogP contribution in [-0.2, 0) is 6.54 Å². The molecule has 0 aliphatic carbocycles. The molecule has 2 N–H and O–H groups in total. The van der Waals surface area contributed by atoms with E-state index in [1.807, 2.05) is 11.8 Å². The maximum absolute atomic E-state index is 5.64. The number of hydrogen-bond donors (Lipinski definition) is 1. The van der Waals surface area contributed by atoms with E-state index in [1.165, 1.54) is 51.3 Å². The fraction of sp³-hybridized carbons (Fsp3) is 0.296. The molecular weight excluding hydrogens is 398 g/mol. The molecule has 4 heteroatoms. The highest BCUT2D eigenvalue weighted by atomic mass is 32.2. The Morgan fingerprint density at radius 2 is 1.77 bits per heavy atom. The van der Waals surface area contributed by atoms with E-state index in [2.05, 4.69) is 95.4 Å². The minimum absolute atomic E-state index is 0.796. The van der Waals surface area contributed by atoms with Crippen LogP contribution in [0.25, 0.3) is 17.0 Å². The fourth-order valence-electron chi connectivity index (χ4n) is 4.14. The number of fused-ring (bicyclic) bond motifs is 2. The van der Waals surface area contributed by atoms with E-state index in [9.17, 15) is 0 Å². The van der Waals surface area contributed by atoms with Crippen molar-refractivity contribution in [1.82, 2.24) is 0 Å². The van der Waals surface area contributed by atoms with Gasteiger partial charge in [-0.1, -0.05) is 61.0 Å². The number of unbranched alkanes of at least 4 members (excludes halogenated alkanes) is 3. The number of pyridine rings is 1. The zero-order chi connectivity index (χ0) is 21.5. The van der Waals surface area contributed by atoms with Gasteiger partial charge in [-0.05, 0) is 56.1 Å². The lowest BCUT2D eigenvalue weighted by atomic mass is 10.1. The molecule has 160 valence electrons. The Morgan fingerprint density at radius 3 is 2.65 bits per heavy atom.